The summed E-state index contributed by atoms with van der Waals surface area (Å²) in [5, 5.41) is 0. The van der Waals surface area contributed by atoms with Crippen LogP contribution < -0.4 is 11.5 Å². The molecule has 0 saturated heterocycles. The molecular weight excluding hydrogens is 228 g/mol. The molecule has 0 amide bonds. The van der Waals surface area contributed by atoms with Crippen molar-refractivity contribution < 1.29 is 0 Å². The van der Waals surface area contributed by atoms with Gasteiger partial charge in [0.1, 0.15) is 8.64 Å². The van der Waals surface area contributed by atoms with Gasteiger partial charge in [0.15, 0.2) is 0 Å². The first-order chi connectivity index (χ1) is 5.54. The summed E-state index contributed by atoms with van der Waals surface area (Å²) in [6.45, 7) is 4.04. The Morgan fingerprint density at radius 3 is 1.25 bits per heavy atom. The Labute approximate surface area is 93.2 Å². The lowest BCUT2D eigenvalue weighted by Gasteiger charge is -1.85. The van der Waals surface area contributed by atoms with Crippen molar-refractivity contribution in [2.24, 2.45) is 11.5 Å². The Bertz CT molecular complexity index is 122. The third-order valence-electron chi connectivity index (χ3n) is 0.573. The van der Waals surface area contributed by atoms with Crippen LogP contribution >= 0.6 is 48.0 Å². The molecular formula is C6H14N2S4. The van der Waals surface area contributed by atoms with Gasteiger partial charge in [0.25, 0.3) is 0 Å². The molecule has 0 fully saturated rings. The average molecular weight is 242 g/mol. The van der Waals surface area contributed by atoms with Gasteiger partial charge in [-0.2, -0.15) is 0 Å². The minimum atomic E-state index is 0.539. The zero-order chi connectivity index (χ0) is 9.98. The smallest absolute Gasteiger partial charge is 0.131 e. The number of rotatable bonds is 2. The van der Waals surface area contributed by atoms with Crippen LogP contribution in [0.4, 0.5) is 0 Å². The van der Waals surface area contributed by atoms with Gasteiger partial charge in [0, 0.05) is 0 Å². The van der Waals surface area contributed by atoms with Crippen LogP contribution in [0.1, 0.15) is 13.8 Å². The first kappa shape index (κ1) is 15.0. The second kappa shape index (κ2) is 11.5. The summed E-state index contributed by atoms with van der Waals surface area (Å²) in [7, 11) is 0. The van der Waals surface area contributed by atoms with Crippen LogP contribution in [0.2, 0.25) is 0 Å². The molecule has 0 heterocycles. The number of hydrogen-bond donors (Lipinski definition) is 2. The Balaban J connectivity index is 0. The molecule has 0 atom stereocenters. The van der Waals surface area contributed by atoms with Crippen LogP contribution in [-0.4, -0.2) is 20.1 Å². The van der Waals surface area contributed by atoms with Crippen LogP contribution in [0.3, 0.4) is 0 Å². The zero-order valence-electron chi connectivity index (χ0n) is 7.20. The van der Waals surface area contributed by atoms with Crippen LogP contribution in [0.5, 0.6) is 0 Å². The third kappa shape index (κ3) is 22.4. The van der Waals surface area contributed by atoms with Crippen molar-refractivity contribution in [3.63, 3.8) is 0 Å². The standard InChI is InChI=1S/2C3H7NS2/c2*1-2-6-3(4)5/h2*2H2,1H3,(H2,4,5). The molecule has 0 aromatic rings. The number of thioether (sulfide) groups is 2. The molecule has 0 aliphatic carbocycles. The number of hydrogen-bond acceptors (Lipinski definition) is 4. The maximum Gasteiger partial charge on any atom is 0.131 e. The van der Waals surface area contributed by atoms with Gasteiger partial charge >= 0.3 is 0 Å². The van der Waals surface area contributed by atoms with Gasteiger partial charge in [-0.3, -0.25) is 0 Å². The van der Waals surface area contributed by atoms with Crippen LogP contribution in [0.25, 0.3) is 0 Å². The largest absolute Gasteiger partial charge is 0.385 e. The molecule has 0 aliphatic heterocycles. The Hall–Kier alpha value is 0.480. The molecule has 2 nitrogen and oxygen atoms in total. The highest BCUT2D eigenvalue weighted by Crippen LogP contribution is 1.95. The van der Waals surface area contributed by atoms with Crippen molar-refractivity contribution in [2.45, 2.75) is 13.8 Å². The molecule has 4 N–H and O–H groups in total. The predicted octanol–water partition coefficient (Wildman–Crippen LogP) is 1.97. The van der Waals surface area contributed by atoms with Gasteiger partial charge in [0.05, 0.1) is 0 Å². The third-order valence-corrected chi connectivity index (χ3v) is 2.43. The second-order valence-corrected chi connectivity index (χ2v) is 5.51. The zero-order valence-corrected chi connectivity index (χ0v) is 10.5. The maximum absolute atomic E-state index is 5.10. The monoisotopic (exact) mass is 242 g/mol. The van der Waals surface area contributed by atoms with Crippen LogP contribution in [0, 0.1) is 0 Å². The minimum Gasteiger partial charge on any atom is -0.385 e. The quantitative estimate of drug-likeness (QED) is 0.722. The van der Waals surface area contributed by atoms with Crippen LogP contribution in [-0.2, 0) is 0 Å². The van der Waals surface area contributed by atoms with Crippen molar-refractivity contribution in [1.82, 2.24) is 0 Å². The van der Waals surface area contributed by atoms with Gasteiger partial charge in [-0.1, -0.05) is 61.8 Å². The fourth-order valence-electron chi connectivity index (χ4n) is 0.285. The first-order valence-corrected chi connectivity index (χ1v) is 6.17. The van der Waals surface area contributed by atoms with E-state index in [0.29, 0.717) is 8.64 Å². The Kier molecular flexibility index (Phi) is 14.3. The summed E-state index contributed by atoms with van der Waals surface area (Å²) >= 11 is 12.1. The molecule has 12 heavy (non-hydrogen) atoms. The molecule has 0 bridgehead atoms. The van der Waals surface area contributed by atoms with E-state index in [9.17, 15) is 0 Å². The molecule has 0 unspecified atom stereocenters. The average Bonchev–Trinajstić information content (AvgIpc) is 1.87. The summed E-state index contributed by atoms with van der Waals surface area (Å²) in [5.74, 6) is 1.96. The lowest BCUT2D eigenvalue weighted by Crippen LogP contribution is -2.00. The molecule has 0 aliphatic rings. The van der Waals surface area contributed by atoms with E-state index in [1.807, 2.05) is 13.8 Å². The highest BCUT2D eigenvalue weighted by molar-refractivity contribution is 8.23. The minimum absolute atomic E-state index is 0.539. The van der Waals surface area contributed by atoms with Crippen molar-refractivity contribution >= 4 is 56.6 Å². The summed E-state index contributed by atoms with van der Waals surface area (Å²) in [4.78, 5) is 0. The van der Waals surface area contributed by atoms with Crippen molar-refractivity contribution in [3.8, 4) is 0 Å². The Morgan fingerprint density at radius 1 is 1.00 bits per heavy atom. The molecule has 0 saturated carbocycles. The van der Waals surface area contributed by atoms with E-state index in [4.69, 9.17) is 11.5 Å². The van der Waals surface area contributed by atoms with Crippen molar-refractivity contribution in [2.75, 3.05) is 11.5 Å². The van der Waals surface area contributed by atoms with Crippen LogP contribution in [0.15, 0.2) is 0 Å². The fraction of sp³-hybridized carbons (Fsp3) is 0.667. The lowest BCUT2D eigenvalue weighted by atomic mass is 11.0. The SMILES string of the molecule is CCSC(N)=S.CCSC(N)=S. The van der Waals surface area contributed by atoms with E-state index in [1.165, 1.54) is 23.5 Å². The molecule has 72 valence electrons. The van der Waals surface area contributed by atoms with Crippen molar-refractivity contribution in [3.05, 3.63) is 0 Å². The molecule has 0 spiro atoms. The van der Waals surface area contributed by atoms with E-state index in [1.54, 1.807) is 0 Å². The van der Waals surface area contributed by atoms with E-state index < -0.39 is 0 Å². The molecule has 0 aromatic heterocycles. The Morgan fingerprint density at radius 2 is 1.25 bits per heavy atom. The summed E-state index contributed by atoms with van der Waals surface area (Å²) in [5.41, 5.74) is 10.2. The summed E-state index contributed by atoms with van der Waals surface area (Å²) in [6.07, 6.45) is 0. The number of thiocarbonyl (C=S) groups is 2. The van der Waals surface area contributed by atoms with Gasteiger partial charge < -0.3 is 11.5 Å². The van der Waals surface area contributed by atoms with Crippen molar-refractivity contribution in [1.29, 1.82) is 0 Å². The summed E-state index contributed by atoms with van der Waals surface area (Å²) in [6, 6.07) is 0. The fourth-order valence-corrected chi connectivity index (χ4v) is 1.56. The predicted molar refractivity (Wildman–Crippen MR) is 69.8 cm³/mol. The van der Waals surface area contributed by atoms with E-state index in [2.05, 4.69) is 24.4 Å². The molecule has 0 rings (SSSR count). The van der Waals surface area contributed by atoms with Gasteiger partial charge in [-0.15, -0.1) is 0 Å². The molecule has 6 heteroatoms. The normalized spacial score (nSPS) is 8.17. The topological polar surface area (TPSA) is 52.0 Å². The van der Waals surface area contributed by atoms with Gasteiger partial charge in [-0.05, 0) is 11.5 Å². The molecule has 0 radical (unpaired) electrons. The van der Waals surface area contributed by atoms with Gasteiger partial charge in [-0.25, -0.2) is 0 Å². The highest BCUT2D eigenvalue weighted by atomic mass is 32.2. The van der Waals surface area contributed by atoms with Gasteiger partial charge in [0.2, 0.25) is 0 Å². The summed E-state index contributed by atoms with van der Waals surface area (Å²) < 4.78 is 1.08. The number of nitrogens with two attached hydrogens (primary N) is 2. The highest BCUT2D eigenvalue weighted by Gasteiger charge is 1.79. The van der Waals surface area contributed by atoms with E-state index in [-0.39, 0.29) is 0 Å². The maximum atomic E-state index is 5.10. The first-order valence-electron chi connectivity index (χ1n) is 3.39. The molecule has 0 aromatic carbocycles. The van der Waals surface area contributed by atoms with E-state index >= 15 is 0 Å². The second-order valence-electron chi connectivity index (χ2n) is 1.50. The van der Waals surface area contributed by atoms with E-state index in [0.717, 1.165) is 11.5 Å². The lowest BCUT2D eigenvalue weighted by molar-refractivity contribution is 1.54.